The lowest BCUT2D eigenvalue weighted by Gasteiger charge is -2.13. The maximum absolute atomic E-state index is 14.0. The van der Waals surface area contributed by atoms with Crippen molar-refractivity contribution in [1.29, 1.82) is 10.5 Å². The van der Waals surface area contributed by atoms with Crippen molar-refractivity contribution in [3.8, 4) is 23.6 Å². The highest BCUT2D eigenvalue weighted by Crippen LogP contribution is 2.40. The molecule has 0 saturated heterocycles. The number of anilines is 1. The summed E-state index contributed by atoms with van der Waals surface area (Å²) in [6.07, 6.45) is 1.16. The van der Waals surface area contributed by atoms with E-state index in [0.29, 0.717) is 4.47 Å². The van der Waals surface area contributed by atoms with Gasteiger partial charge < -0.3 is 14.8 Å². The highest BCUT2D eigenvalue weighted by molar-refractivity contribution is 9.10. The number of nitrogens with zero attached hydrogens (tertiary/aromatic N) is 2. The van der Waals surface area contributed by atoms with Crippen LogP contribution in [0.25, 0.3) is 0 Å². The normalized spacial score (nSPS) is 8.95. The zero-order chi connectivity index (χ0) is 14.4. The van der Waals surface area contributed by atoms with E-state index in [0.717, 1.165) is 6.20 Å². The van der Waals surface area contributed by atoms with Gasteiger partial charge in [-0.05, 0) is 22.0 Å². The summed E-state index contributed by atoms with van der Waals surface area (Å²) in [5.41, 5.74) is 0.116. The second kappa shape index (κ2) is 6.62. The molecule has 0 aromatic heterocycles. The molecule has 0 aliphatic rings. The van der Waals surface area contributed by atoms with Gasteiger partial charge >= 0.3 is 0 Å². The Bertz CT molecular complexity index is 586. The summed E-state index contributed by atoms with van der Waals surface area (Å²) in [5, 5.41) is 19.9. The molecule has 5 nitrogen and oxygen atoms in total. The first kappa shape index (κ1) is 14.8. The van der Waals surface area contributed by atoms with Crippen LogP contribution in [0.15, 0.2) is 22.3 Å². The van der Waals surface area contributed by atoms with E-state index in [4.69, 9.17) is 20.0 Å². The minimum absolute atomic E-state index is 0.00664. The molecule has 1 aromatic rings. The maximum atomic E-state index is 14.0. The zero-order valence-electron chi connectivity index (χ0n) is 10.1. The molecule has 1 N–H and O–H groups in total. The Morgan fingerprint density at radius 1 is 1.32 bits per heavy atom. The molecule has 0 radical (unpaired) electrons. The van der Waals surface area contributed by atoms with Crippen molar-refractivity contribution in [2.24, 2.45) is 0 Å². The second-order valence-corrected chi connectivity index (χ2v) is 4.07. The van der Waals surface area contributed by atoms with E-state index in [9.17, 15) is 4.39 Å². The van der Waals surface area contributed by atoms with Gasteiger partial charge in [0.15, 0.2) is 11.5 Å². The summed E-state index contributed by atoms with van der Waals surface area (Å²) in [6, 6.07) is 4.87. The number of allylic oxidation sites excluding steroid dienone is 1. The fraction of sp³-hybridized carbons (Fsp3) is 0.167. The van der Waals surface area contributed by atoms with E-state index in [-0.39, 0.29) is 22.8 Å². The van der Waals surface area contributed by atoms with Gasteiger partial charge in [-0.1, -0.05) is 0 Å². The summed E-state index contributed by atoms with van der Waals surface area (Å²) >= 11 is 3.15. The van der Waals surface area contributed by atoms with Crippen LogP contribution in [0.1, 0.15) is 0 Å². The fourth-order valence-corrected chi connectivity index (χ4v) is 1.88. The van der Waals surface area contributed by atoms with Gasteiger partial charge in [-0.2, -0.15) is 14.9 Å². The van der Waals surface area contributed by atoms with Gasteiger partial charge in [0, 0.05) is 6.20 Å². The Morgan fingerprint density at radius 3 is 2.37 bits per heavy atom. The smallest absolute Gasteiger partial charge is 0.210 e. The molecule has 0 aliphatic carbocycles. The van der Waals surface area contributed by atoms with Gasteiger partial charge in [-0.3, -0.25) is 0 Å². The third kappa shape index (κ3) is 3.15. The number of halogens is 2. The first-order valence-electron chi connectivity index (χ1n) is 4.95. The van der Waals surface area contributed by atoms with Gasteiger partial charge in [0.2, 0.25) is 5.82 Å². The number of hydrogen-bond acceptors (Lipinski definition) is 5. The average Bonchev–Trinajstić information content (AvgIpc) is 2.40. The van der Waals surface area contributed by atoms with Crippen LogP contribution >= 0.6 is 15.9 Å². The van der Waals surface area contributed by atoms with Crippen LogP contribution in [0.5, 0.6) is 11.5 Å². The predicted octanol–water partition coefficient (Wildman–Crippen LogP) is 2.95. The van der Waals surface area contributed by atoms with Crippen LogP contribution < -0.4 is 14.8 Å². The number of methoxy groups -OCH3 is 2. The Labute approximate surface area is 118 Å². The number of benzene rings is 1. The lowest BCUT2D eigenvalue weighted by atomic mass is 10.2. The molecule has 19 heavy (non-hydrogen) atoms. The molecule has 0 saturated carbocycles. The van der Waals surface area contributed by atoms with Crippen molar-refractivity contribution in [2.75, 3.05) is 19.5 Å². The third-order valence-electron chi connectivity index (χ3n) is 2.15. The van der Waals surface area contributed by atoms with E-state index < -0.39 is 5.82 Å². The average molecular weight is 326 g/mol. The standard InChI is InChI=1S/C12H9BrFN3O2/c1-18-11-8(13)3-9(12(19-2)10(11)14)17-6-7(4-15)5-16/h3,6,17H,1-2H3. The van der Waals surface area contributed by atoms with Gasteiger partial charge in [0.05, 0.1) is 24.4 Å². The third-order valence-corrected chi connectivity index (χ3v) is 2.74. The molecular formula is C12H9BrFN3O2. The van der Waals surface area contributed by atoms with Crippen LogP contribution in [-0.4, -0.2) is 14.2 Å². The van der Waals surface area contributed by atoms with Crippen molar-refractivity contribution in [3.63, 3.8) is 0 Å². The van der Waals surface area contributed by atoms with Crippen LogP contribution in [0.2, 0.25) is 0 Å². The topological polar surface area (TPSA) is 78.1 Å². The van der Waals surface area contributed by atoms with E-state index in [1.807, 2.05) is 0 Å². The molecule has 1 rings (SSSR count). The molecule has 7 heteroatoms. The highest BCUT2D eigenvalue weighted by Gasteiger charge is 2.18. The molecule has 1 aromatic carbocycles. The number of nitrogens with one attached hydrogen (secondary N) is 1. The Hall–Kier alpha value is -2.25. The summed E-state index contributed by atoms with van der Waals surface area (Å²) in [5.74, 6) is -0.760. The van der Waals surface area contributed by atoms with E-state index in [2.05, 4.69) is 21.2 Å². The molecule has 0 amide bonds. The van der Waals surface area contributed by atoms with Gasteiger partial charge in [-0.15, -0.1) is 0 Å². The van der Waals surface area contributed by atoms with E-state index in [1.54, 1.807) is 12.1 Å². The van der Waals surface area contributed by atoms with Crippen molar-refractivity contribution in [2.45, 2.75) is 0 Å². The second-order valence-electron chi connectivity index (χ2n) is 3.21. The Balaban J connectivity index is 3.27. The first-order valence-corrected chi connectivity index (χ1v) is 5.75. The number of hydrogen-bond donors (Lipinski definition) is 1. The van der Waals surface area contributed by atoms with Crippen molar-refractivity contribution < 1.29 is 13.9 Å². The quantitative estimate of drug-likeness (QED) is 0.861. The van der Waals surface area contributed by atoms with Crippen LogP contribution in [-0.2, 0) is 0 Å². The maximum Gasteiger partial charge on any atom is 0.210 e. The predicted molar refractivity (Wildman–Crippen MR) is 70.1 cm³/mol. The van der Waals surface area contributed by atoms with Crippen molar-refractivity contribution in [3.05, 3.63) is 28.1 Å². The largest absolute Gasteiger partial charge is 0.492 e. The highest BCUT2D eigenvalue weighted by atomic mass is 79.9. The summed E-state index contributed by atoms with van der Waals surface area (Å²) < 4.78 is 24.2. The van der Waals surface area contributed by atoms with Crippen molar-refractivity contribution >= 4 is 21.6 Å². The first-order chi connectivity index (χ1) is 9.08. The van der Waals surface area contributed by atoms with E-state index >= 15 is 0 Å². The lowest BCUT2D eigenvalue weighted by Crippen LogP contribution is -2.00. The summed E-state index contributed by atoms with van der Waals surface area (Å²) in [7, 11) is 2.63. The SMILES string of the molecule is COc1c(Br)cc(NC=C(C#N)C#N)c(OC)c1F. The molecule has 0 bridgehead atoms. The Morgan fingerprint density at radius 2 is 1.89 bits per heavy atom. The molecule has 0 spiro atoms. The van der Waals surface area contributed by atoms with Gasteiger partial charge in [-0.25, -0.2) is 0 Å². The van der Waals surface area contributed by atoms with Gasteiger partial charge in [0.1, 0.15) is 17.7 Å². The summed E-state index contributed by atoms with van der Waals surface area (Å²) in [4.78, 5) is 0. The van der Waals surface area contributed by atoms with Crippen LogP contribution in [0.3, 0.4) is 0 Å². The van der Waals surface area contributed by atoms with Crippen LogP contribution in [0.4, 0.5) is 10.1 Å². The fourth-order valence-electron chi connectivity index (χ4n) is 1.32. The van der Waals surface area contributed by atoms with Gasteiger partial charge in [0.25, 0.3) is 0 Å². The molecular weight excluding hydrogens is 317 g/mol. The lowest BCUT2D eigenvalue weighted by molar-refractivity contribution is 0.350. The molecule has 0 fully saturated rings. The Kier molecular flexibility index (Phi) is 5.16. The molecule has 98 valence electrons. The zero-order valence-corrected chi connectivity index (χ0v) is 11.7. The molecule has 0 aliphatic heterocycles. The minimum Gasteiger partial charge on any atom is -0.492 e. The number of ether oxygens (including phenoxy) is 2. The molecule has 0 unspecified atom stereocenters. The molecule has 0 atom stereocenters. The molecule has 0 heterocycles. The van der Waals surface area contributed by atoms with Crippen LogP contribution in [0, 0.1) is 28.5 Å². The summed E-state index contributed by atoms with van der Waals surface area (Å²) in [6.45, 7) is 0. The van der Waals surface area contributed by atoms with E-state index in [1.165, 1.54) is 20.3 Å². The van der Waals surface area contributed by atoms with Crippen molar-refractivity contribution in [1.82, 2.24) is 0 Å². The number of rotatable bonds is 4. The number of nitriles is 2. The monoisotopic (exact) mass is 325 g/mol. The minimum atomic E-state index is -0.689.